The molecule has 0 heterocycles. The van der Waals surface area contributed by atoms with Crippen LogP contribution in [0, 0.1) is 0 Å². The van der Waals surface area contributed by atoms with Crippen molar-refractivity contribution in [1.29, 1.82) is 0 Å². The van der Waals surface area contributed by atoms with Crippen LogP contribution in [0.25, 0.3) is 16.8 Å². The number of rotatable bonds is 9. The number of sulfonamides is 1. The highest BCUT2D eigenvalue weighted by atomic mass is 32.2. The highest BCUT2D eigenvalue weighted by Crippen LogP contribution is 2.29. The van der Waals surface area contributed by atoms with Gasteiger partial charge in [0.1, 0.15) is 0 Å². The predicted octanol–water partition coefficient (Wildman–Crippen LogP) is 3.49. The highest BCUT2D eigenvalue weighted by molar-refractivity contribution is 7.89. The van der Waals surface area contributed by atoms with Crippen molar-refractivity contribution in [2.75, 3.05) is 38.6 Å². The number of benzene rings is 3. The van der Waals surface area contributed by atoms with E-state index in [0.717, 1.165) is 22.0 Å². The van der Waals surface area contributed by atoms with Gasteiger partial charge in [-0.25, -0.2) is 13.1 Å². The van der Waals surface area contributed by atoms with Gasteiger partial charge < -0.3 is 10.2 Å². The number of hydrogen-bond donors (Lipinski definition) is 2. The fraction of sp³-hybridized carbons (Fsp3) is 0.217. The summed E-state index contributed by atoms with van der Waals surface area (Å²) in [6.07, 6.45) is 4.06. The average Bonchev–Trinajstić information content (AvgIpc) is 2.72. The topological polar surface area (TPSA) is 61.4 Å². The van der Waals surface area contributed by atoms with E-state index in [1.807, 2.05) is 85.7 Å². The Morgan fingerprint density at radius 1 is 0.862 bits per heavy atom. The molecule has 3 aromatic rings. The second-order valence-electron chi connectivity index (χ2n) is 6.94. The molecule has 3 rings (SSSR count). The third kappa shape index (κ3) is 5.44. The smallest absolute Gasteiger partial charge is 0.241 e. The van der Waals surface area contributed by atoms with Crippen molar-refractivity contribution in [2.45, 2.75) is 4.90 Å². The zero-order valence-corrected chi connectivity index (χ0v) is 17.6. The Morgan fingerprint density at radius 2 is 1.59 bits per heavy atom. The van der Waals surface area contributed by atoms with Crippen molar-refractivity contribution in [3.8, 4) is 0 Å². The first-order valence-corrected chi connectivity index (χ1v) is 11.1. The van der Waals surface area contributed by atoms with Crippen LogP contribution in [0.5, 0.6) is 0 Å². The Labute approximate surface area is 173 Å². The van der Waals surface area contributed by atoms with E-state index in [2.05, 4.69) is 10.0 Å². The summed E-state index contributed by atoms with van der Waals surface area (Å²) in [5, 5.41) is 4.87. The largest absolute Gasteiger partial charge is 0.377 e. The molecule has 3 aromatic carbocycles. The van der Waals surface area contributed by atoms with Crippen molar-refractivity contribution < 1.29 is 8.42 Å². The van der Waals surface area contributed by atoms with Gasteiger partial charge in [-0.1, -0.05) is 66.7 Å². The molecule has 0 saturated carbocycles. The van der Waals surface area contributed by atoms with Crippen LogP contribution in [0.1, 0.15) is 5.56 Å². The van der Waals surface area contributed by atoms with E-state index in [9.17, 15) is 8.42 Å². The number of nitrogens with zero attached hydrogens (tertiary/aromatic N) is 1. The van der Waals surface area contributed by atoms with E-state index in [4.69, 9.17) is 0 Å². The lowest BCUT2D eigenvalue weighted by atomic mass is 10.1. The predicted molar refractivity (Wildman–Crippen MR) is 122 cm³/mol. The summed E-state index contributed by atoms with van der Waals surface area (Å²) < 4.78 is 28.4. The summed E-state index contributed by atoms with van der Waals surface area (Å²) >= 11 is 0. The molecule has 6 heteroatoms. The number of fused-ring (bicyclic) bond motifs is 1. The van der Waals surface area contributed by atoms with Crippen LogP contribution in [0.2, 0.25) is 0 Å². The first-order valence-electron chi connectivity index (χ1n) is 9.60. The third-order valence-corrected chi connectivity index (χ3v) is 6.12. The van der Waals surface area contributed by atoms with Gasteiger partial charge in [-0.2, -0.15) is 0 Å². The van der Waals surface area contributed by atoms with Gasteiger partial charge in [0.15, 0.2) is 0 Å². The molecule has 0 spiro atoms. The fourth-order valence-corrected chi connectivity index (χ4v) is 4.44. The van der Waals surface area contributed by atoms with Crippen molar-refractivity contribution in [2.24, 2.45) is 0 Å². The van der Waals surface area contributed by atoms with E-state index in [-0.39, 0.29) is 0 Å². The molecular formula is C23H27N3O2S. The van der Waals surface area contributed by atoms with Crippen LogP contribution in [0.15, 0.2) is 77.7 Å². The maximum absolute atomic E-state index is 12.8. The Balaban J connectivity index is 1.59. The monoisotopic (exact) mass is 409 g/mol. The number of anilines is 1. The minimum Gasteiger partial charge on any atom is -0.377 e. The summed E-state index contributed by atoms with van der Waals surface area (Å²) in [7, 11) is 0.309. The van der Waals surface area contributed by atoms with Crippen molar-refractivity contribution in [1.82, 2.24) is 10.0 Å². The molecule has 0 aliphatic heterocycles. The van der Waals surface area contributed by atoms with E-state index in [1.165, 1.54) is 0 Å². The second-order valence-corrected chi connectivity index (χ2v) is 8.67. The molecule has 0 aliphatic carbocycles. The molecule has 0 amide bonds. The fourth-order valence-electron chi connectivity index (χ4n) is 3.18. The molecule has 0 aromatic heterocycles. The van der Waals surface area contributed by atoms with Crippen LogP contribution >= 0.6 is 0 Å². The van der Waals surface area contributed by atoms with E-state index >= 15 is 0 Å². The lowest BCUT2D eigenvalue weighted by molar-refractivity contribution is 0.579. The third-order valence-electron chi connectivity index (χ3n) is 4.60. The van der Waals surface area contributed by atoms with Gasteiger partial charge in [-0.3, -0.25) is 0 Å². The average molecular weight is 410 g/mol. The zero-order valence-electron chi connectivity index (χ0n) is 16.8. The minimum atomic E-state index is -3.59. The molecule has 29 heavy (non-hydrogen) atoms. The molecule has 2 N–H and O–H groups in total. The van der Waals surface area contributed by atoms with E-state index in [0.29, 0.717) is 24.5 Å². The molecule has 0 radical (unpaired) electrons. The molecular weight excluding hydrogens is 382 g/mol. The maximum Gasteiger partial charge on any atom is 0.241 e. The van der Waals surface area contributed by atoms with Crippen LogP contribution in [0.4, 0.5) is 5.69 Å². The zero-order chi connectivity index (χ0) is 20.7. The lowest BCUT2D eigenvalue weighted by Gasteiger charge is -2.17. The Morgan fingerprint density at radius 3 is 2.34 bits per heavy atom. The van der Waals surface area contributed by atoms with E-state index in [1.54, 1.807) is 12.1 Å². The highest BCUT2D eigenvalue weighted by Gasteiger charge is 2.17. The van der Waals surface area contributed by atoms with Crippen LogP contribution < -0.4 is 14.9 Å². The van der Waals surface area contributed by atoms with Gasteiger partial charge >= 0.3 is 0 Å². The molecule has 0 saturated heterocycles. The Bertz CT molecular complexity index is 1080. The van der Waals surface area contributed by atoms with Crippen molar-refractivity contribution in [3.05, 3.63) is 78.4 Å². The van der Waals surface area contributed by atoms with Gasteiger partial charge in [0.05, 0.1) is 4.90 Å². The molecule has 0 atom stereocenters. The standard InChI is InChI=1S/C23H27N3O2S/c1-26(2)22-14-6-13-21-20(22)12-7-15-23(21)29(27,28)25-18-17-24-16-8-11-19-9-4-3-5-10-19/h3-15,24-25H,16-18H2,1-2H3. The van der Waals surface area contributed by atoms with Crippen molar-refractivity contribution in [3.63, 3.8) is 0 Å². The van der Waals surface area contributed by atoms with Crippen LogP contribution in [-0.2, 0) is 10.0 Å². The van der Waals surface area contributed by atoms with E-state index < -0.39 is 10.0 Å². The maximum atomic E-state index is 12.8. The summed E-state index contributed by atoms with van der Waals surface area (Å²) in [6.45, 7) is 1.55. The molecule has 0 unspecified atom stereocenters. The Kier molecular flexibility index (Phi) is 7.04. The molecule has 0 fully saturated rings. The van der Waals surface area contributed by atoms with Gasteiger partial charge in [0.25, 0.3) is 0 Å². The molecule has 0 bridgehead atoms. The van der Waals surface area contributed by atoms with Crippen LogP contribution in [-0.4, -0.2) is 42.1 Å². The van der Waals surface area contributed by atoms with Crippen LogP contribution in [0.3, 0.4) is 0 Å². The van der Waals surface area contributed by atoms with Gasteiger partial charge in [-0.15, -0.1) is 0 Å². The van der Waals surface area contributed by atoms with Gasteiger partial charge in [0.2, 0.25) is 10.0 Å². The normalized spacial score (nSPS) is 11.9. The quantitative estimate of drug-likeness (QED) is 0.531. The summed E-state index contributed by atoms with van der Waals surface area (Å²) in [5.41, 5.74) is 2.13. The first kappa shape index (κ1) is 21.0. The summed E-state index contributed by atoms with van der Waals surface area (Å²) in [4.78, 5) is 2.29. The number of hydrogen-bond acceptors (Lipinski definition) is 4. The van der Waals surface area contributed by atoms with Gasteiger partial charge in [0, 0.05) is 50.2 Å². The summed E-state index contributed by atoms with van der Waals surface area (Å²) in [5.74, 6) is 0. The Hall–Kier alpha value is -2.67. The van der Waals surface area contributed by atoms with Crippen molar-refractivity contribution >= 4 is 32.6 Å². The molecule has 152 valence electrons. The lowest BCUT2D eigenvalue weighted by Crippen LogP contribution is -2.32. The van der Waals surface area contributed by atoms with Gasteiger partial charge in [-0.05, 0) is 17.7 Å². The molecule has 5 nitrogen and oxygen atoms in total. The second kappa shape index (κ2) is 9.69. The SMILES string of the molecule is CN(C)c1cccc2c(S(=O)(=O)NCCNCC=Cc3ccccc3)cccc12. The number of nitrogens with one attached hydrogen (secondary N) is 2. The summed E-state index contributed by atoms with van der Waals surface area (Å²) in [6, 6.07) is 21.2. The first-order chi connectivity index (χ1) is 14.0. The molecule has 0 aliphatic rings. The minimum absolute atomic E-state index is 0.308.